The Morgan fingerprint density at radius 3 is 2.52 bits per heavy atom. The van der Waals surface area contributed by atoms with Gasteiger partial charge in [-0.1, -0.05) is 25.3 Å². The first-order chi connectivity index (χ1) is 9.94. The third-order valence-corrected chi connectivity index (χ3v) is 4.39. The van der Waals surface area contributed by atoms with Crippen molar-refractivity contribution in [2.45, 2.75) is 39.0 Å². The van der Waals surface area contributed by atoms with Crippen molar-refractivity contribution in [2.24, 2.45) is 5.41 Å². The number of nitrogens with two attached hydrogens (primary N) is 1. The summed E-state index contributed by atoms with van der Waals surface area (Å²) in [6.45, 7) is 2.05. The summed E-state index contributed by atoms with van der Waals surface area (Å²) in [4.78, 5) is 23.7. The van der Waals surface area contributed by atoms with E-state index in [1.807, 2.05) is 6.92 Å². The lowest BCUT2D eigenvalue weighted by Gasteiger charge is -2.33. The Balaban J connectivity index is 2.05. The van der Waals surface area contributed by atoms with E-state index < -0.39 is 11.4 Å². The fraction of sp³-hybridized carbons (Fsp3) is 0.500. The molecule has 0 aromatic heterocycles. The number of rotatable bonds is 4. The lowest BCUT2D eigenvalue weighted by molar-refractivity contribution is -0.150. The van der Waals surface area contributed by atoms with Gasteiger partial charge in [-0.2, -0.15) is 0 Å². The van der Waals surface area contributed by atoms with Crippen molar-refractivity contribution in [1.29, 1.82) is 0 Å². The van der Waals surface area contributed by atoms with E-state index in [0.29, 0.717) is 24.1 Å². The standard InChI is InChI=1S/C16H22N2O3/c1-11-5-6-12(9-13(11)17)14(19)18-10-16(15(20)21)7-3-2-4-8-16/h5-6,9H,2-4,7-8,10,17H2,1H3,(H,18,19)(H,20,21). The Labute approximate surface area is 124 Å². The van der Waals surface area contributed by atoms with E-state index in [-0.39, 0.29) is 12.5 Å². The summed E-state index contributed by atoms with van der Waals surface area (Å²) >= 11 is 0. The highest BCUT2D eigenvalue weighted by atomic mass is 16.4. The summed E-state index contributed by atoms with van der Waals surface area (Å²) < 4.78 is 0. The molecule has 0 radical (unpaired) electrons. The minimum absolute atomic E-state index is 0.176. The number of hydrogen-bond acceptors (Lipinski definition) is 3. The number of carbonyl (C=O) groups excluding carboxylic acids is 1. The van der Waals surface area contributed by atoms with Crippen LogP contribution in [0.15, 0.2) is 18.2 Å². The number of anilines is 1. The van der Waals surface area contributed by atoms with Gasteiger partial charge in [-0.25, -0.2) is 0 Å². The molecular weight excluding hydrogens is 268 g/mol. The summed E-state index contributed by atoms with van der Waals surface area (Å²) in [7, 11) is 0. The van der Waals surface area contributed by atoms with Crippen LogP contribution in [0.25, 0.3) is 0 Å². The SMILES string of the molecule is Cc1ccc(C(=O)NCC2(C(=O)O)CCCCC2)cc1N. The van der Waals surface area contributed by atoms with Crippen LogP contribution in [0.4, 0.5) is 5.69 Å². The molecule has 0 spiro atoms. The molecule has 5 heteroatoms. The molecule has 0 atom stereocenters. The van der Waals surface area contributed by atoms with Crippen LogP contribution in [0.3, 0.4) is 0 Å². The van der Waals surface area contributed by atoms with E-state index in [9.17, 15) is 14.7 Å². The molecule has 1 aliphatic rings. The number of hydrogen-bond donors (Lipinski definition) is 3. The van der Waals surface area contributed by atoms with Crippen molar-refractivity contribution in [1.82, 2.24) is 5.32 Å². The average Bonchev–Trinajstić information content (AvgIpc) is 2.48. The second-order valence-corrected chi connectivity index (χ2v) is 5.90. The molecule has 0 saturated heterocycles. The van der Waals surface area contributed by atoms with Gasteiger partial charge >= 0.3 is 5.97 Å². The minimum atomic E-state index is -0.815. The van der Waals surface area contributed by atoms with Gasteiger partial charge in [-0.15, -0.1) is 0 Å². The van der Waals surface area contributed by atoms with Crippen LogP contribution in [0.1, 0.15) is 48.0 Å². The van der Waals surface area contributed by atoms with Crippen molar-refractivity contribution in [2.75, 3.05) is 12.3 Å². The van der Waals surface area contributed by atoms with Gasteiger partial charge < -0.3 is 16.2 Å². The van der Waals surface area contributed by atoms with Crippen molar-refractivity contribution < 1.29 is 14.7 Å². The first-order valence-electron chi connectivity index (χ1n) is 7.32. The molecule has 1 aliphatic carbocycles. The van der Waals surface area contributed by atoms with E-state index in [1.165, 1.54) is 0 Å². The summed E-state index contributed by atoms with van der Waals surface area (Å²) in [6.07, 6.45) is 4.12. The fourth-order valence-corrected chi connectivity index (χ4v) is 2.83. The molecule has 0 unspecified atom stereocenters. The van der Waals surface area contributed by atoms with Gasteiger partial charge in [0.25, 0.3) is 5.91 Å². The number of nitrogen functional groups attached to an aromatic ring is 1. The molecule has 1 aromatic rings. The number of carbonyl (C=O) groups is 2. The Morgan fingerprint density at radius 1 is 1.29 bits per heavy atom. The van der Waals surface area contributed by atoms with Crippen LogP contribution in [-0.4, -0.2) is 23.5 Å². The Kier molecular flexibility index (Phi) is 4.50. The monoisotopic (exact) mass is 290 g/mol. The number of amides is 1. The number of carboxylic acid groups (broad SMARTS) is 1. The summed E-state index contributed by atoms with van der Waals surface area (Å²) in [5, 5.41) is 12.2. The van der Waals surface area contributed by atoms with Crippen molar-refractivity contribution in [3.63, 3.8) is 0 Å². The average molecular weight is 290 g/mol. The van der Waals surface area contributed by atoms with Crippen LogP contribution >= 0.6 is 0 Å². The highest BCUT2D eigenvalue weighted by Gasteiger charge is 2.39. The Bertz CT molecular complexity index is 548. The Morgan fingerprint density at radius 2 is 1.95 bits per heavy atom. The molecule has 0 heterocycles. The van der Waals surface area contributed by atoms with Crippen molar-refractivity contribution in [3.05, 3.63) is 29.3 Å². The highest BCUT2D eigenvalue weighted by Crippen LogP contribution is 2.36. The van der Waals surface area contributed by atoms with E-state index in [2.05, 4.69) is 5.32 Å². The molecule has 1 fully saturated rings. The first-order valence-corrected chi connectivity index (χ1v) is 7.32. The van der Waals surface area contributed by atoms with Gasteiger partial charge in [0.15, 0.2) is 0 Å². The van der Waals surface area contributed by atoms with Crippen LogP contribution in [0.2, 0.25) is 0 Å². The third-order valence-electron chi connectivity index (χ3n) is 4.39. The molecule has 5 nitrogen and oxygen atoms in total. The quantitative estimate of drug-likeness (QED) is 0.742. The molecule has 21 heavy (non-hydrogen) atoms. The molecule has 114 valence electrons. The van der Waals surface area contributed by atoms with E-state index in [1.54, 1.807) is 18.2 Å². The van der Waals surface area contributed by atoms with Crippen LogP contribution in [0, 0.1) is 12.3 Å². The number of nitrogens with one attached hydrogen (secondary N) is 1. The zero-order chi connectivity index (χ0) is 15.5. The van der Waals surface area contributed by atoms with Crippen LogP contribution in [0.5, 0.6) is 0 Å². The maximum atomic E-state index is 12.2. The van der Waals surface area contributed by atoms with E-state index >= 15 is 0 Å². The van der Waals surface area contributed by atoms with E-state index in [0.717, 1.165) is 24.8 Å². The van der Waals surface area contributed by atoms with Gasteiger partial charge in [-0.05, 0) is 37.5 Å². The second-order valence-electron chi connectivity index (χ2n) is 5.90. The lowest BCUT2D eigenvalue weighted by atomic mass is 9.74. The topological polar surface area (TPSA) is 92.4 Å². The molecule has 0 aliphatic heterocycles. The van der Waals surface area contributed by atoms with Crippen LogP contribution in [-0.2, 0) is 4.79 Å². The highest BCUT2D eigenvalue weighted by molar-refractivity contribution is 5.95. The second kappa shape index (κ2) is 6.16. The summed E-state index contributed by atoms with van der Waals surface area (Å²) in [5.41, 5.74) is 6.93. The molecule has 1 saturated carbocycles. The van der Waals surface area contributed by atoms with Crippen LogP contribution < -0.4 is 11.1 Å². The van der Waals surface area contributed by atoms with Gasteiger partial charge in [-0.3, -0.25) is 9.59 Å². The molecule has 1 amide bonds. The first kappa shape index (κ1) is 15.4. The lowest BCUT2D eigenvalue weighted by Crippen LogP contribution is -2.44. The largest absolute Gasteiger partial charge is 0.481 e. The number of aliphatic carboxylic acids is 1. The number of aryl methyl sites for hydroxylation is 1. The zero-order valence-electron chi connectivity index (χ0n) is 12.3. The molecular formula is C16H22N2O3. The fourth-order valence-electron chi connectivity index (χ4n) is 2.83. The molecule has 1 aromatic carbocycles. The summed E-state index contributed by atoms with van der Waals surface area (Å²) in [6, 6.07) is 5.12. The molecule has 2 rings (SSSR count). The smallest absolute Gasteiger partial charge is 0.311 e. The number of benzene rings is 1. The van der Waals surface area contributed by atoms with Gasteiger partial charge in [0, 0.05) is 17.8 Å². The van der Waals surface area contributed by atoms with E-state index in [4.69, 9.17) is 5.73 Å². The van der Waals surface area contributed by atoms with Gasteiger partial charge in [0.05, 0.1) is 5.41 Å². The predicted molar refractivity (Wildman–Crippen MR) is 81.1 cm³/mol. The van der Waals surface area contributed by atoms with Crippen molar-refractivity contribution >= 4 is 17.6 Å². The normalized spacial score (nSPS) is 17.2. The zero-order valence-corrected chi connectivity index (χ0v) is 12.3. The maximum absolute atomic E-state index is 12.2. The van der Waals surface area contributed by atoms with Gasteiger partial charge in [0.2, 0.25) is 0 Å². The minimum Gasteiger partial charge on any atom is -0.481 e. The maximum Gasteiger partial charge on any atom is 0.311 e. The third kappa shape index (κ3) is 3.35. The van der Waals surface area contributed by atoms with Crippen molar-refractivity contribution in [3.8, 4) is 0 Å². The summed E-state index contributed by atoms with van der Waals surface area (Å²) in [5.74, 6) is -1.08. The molecule has 0 bridgehead atoms. The molecule has 4 N–H and O–H groups in total. The predicted octanol–water partition coefficient (Wildman–Crippen LogP) is 2.34. The number of carboxylic acids is 1. The van der Waals surface area contributed by atoms with Gasteiger partial charge in [0.1, 0.15) is 0 Å². The Hall–Kier alpha value is -2.04.